The number of aryl methyl sites for hydroxylation is 1. The number of fused-ring (bicyclic) bond motifs is 1. The number of benzene rings is 2. The van der Waals surface area contributed by atoms with Crippen molar-refractivity contribution < 1.29 is 9.47 Å². The van der Waals surface area contributed by atoms with E-state index in [1.165, 1.54) is 5.56 Å². The molecule has 1 aromatic heterocycles. The van der Waals surface area contributed by atoms with Crippen LogP contribution < -0.4 is 10.3 Å². The van der Waals surface area contributed by atoms with Gasteiger partial charge in [-0.3, -0.25) is 14.3 Å². The molecule has 0 saturated carbocycles. The maximum absolute atomic E-state index is 13.3. The van der Waals surface area contributed by atoms with E-state index in [2.05, 4.69) is 17.9 Å². The number of thioether (sulfide) groups is 1. The van der Waals surface area contributed by atoms with E-state index < -0.39 is 0 Å². The second-order valence-electron chi connectivity index (χ2n) is 7.78. The number of morpholine rings is 1. The lowest BCUT2D eigenvalue weighted by Gasteiger charge is -2.26. The number of aromatic nitrogens is 2. The van der Waals surface area contributed by atoms with Crippen LogP contribution in [0.1, 0.15) is 17.5 Å². The molecule has 4 rings (SSSR count). The van der Waals surface area contributed by atoms with Crippen LogP contribution in [0.2, 0.25) is 0 Å². The van der Waals surface area contributed by atoms with Gasteiger partial charge < -0.3 is 9.47 Å². The van der Waals surface area contributed by atoms with Crippen molar-refractivity contribution >= 4 is 22.7 Å². The molecule has 7 heteroatoms. The van der Waals surface area contributed by atoms with Crippen molar-refractivity contribution in [3.8, 4) is 5.75 Å². The zero-order valence-electron chi connectivity index (χ0n) is 18.2. The Hall–Kier alpha value is -2.35. The van der Waals surface area contributed by atoms with Crippen LogP contribution in [0.5, 0.6) is 5.75 Å². The summed E-state index contributed by atoms with van der Waals surface area (Å²) in [5, 5.41) is 1.43. The highest BCUT2D eigenvalue weighted by atomic mass is 32.2. The molecule has 0 radical (unpaired) electrons. The zero-order chi connectivity index (χ0) is 21.6. The number of hydrogen-bond acceptors (Lipinski definition) is 6. The van der Waals surface area contributed by atoms with Gasteiger partial charge in [0.2, 0.25) is 0 Å². The maximum atomic E-state index is 13.3. The molecule has 0 bridgehead atoms. The summed E-state index contributed by atoms with van der Waals surface area (Å²) in [6, 6.07) is 13.8. The molecule has 1 aliphatic heterocycles. The van der Waals surface area contributed by atoms with Crippen LogP contribution >= 0.6 is 11.8 Å². The number of nitrogens with zero attached hydrogens (tertiary/aromatic N) is 3. The number of hydrogen-bond donors (Lipinski definition) is 0. The molecular formula is C24H29N3O3S. The minimum Gasteiger partial charge on any atom is -0.496 e. The minimum atomic E-state index is 0.0336. The molecule has 1 fully saturated rings. The Labute approximate surface area is 187 Å². The molecule has 3 aromatic rings. The van der Waals surface area contributed by atoms with Crippen molar-refractivity contribution in [3.05, 3.63) is 63.9 Å². The van der Waals surface area contributed by atoms with Crippen molar-refractivity contribution in [1.82, 2.24) is 14.5 Å². The highest BCUT2D eigenvalue weighted by Gasteiger charge is 2.15. The summed E-state index contributed by atoms with van der Waals surface area (Å²) < 4.78 is 12.8. The van der Waals surface area contributed by atoms with Gasteiger partial charge in [0.15, 0.2) is 5.16 Å². The molecule has 0 N–H and O–H groups in total. The highest BCUT2D eigenvalue weighted by molar-refractivity contribution is 7.98. The third-order valence-electron chi connectivity index (χ3n) is 5.58. The number of para-hydroxylation sites is 1. The molecule has 0 spiro atoms. The van der Waals surface area contributed by atoms with E-state index in [4.69, 9.17) is 14.5 Å². The Morgan fingerprint density at radius 1 is 1.13 bits per heavy atom. The van der Waals surface area contributed by atoms with Crippen molar-refractivity contribution in [3.63, 3.8) is 0 Å². The topological polar surface area (TPSA) is 56.6 Å². The van der Waals surface area contributed by atoms with Crippen LogP contribution in [0, 0.1) is 6.92 Å². The second kappa shape index (κ2) is 10.3. The van der Waals surface area contributed by atoms with Gasteiger partial charge in [-0.1, -0.05) is 41.6 Å². The van der Waals surface area contributed by atoms with Gasteiger partial charge in [0, 0.05) is 37.5 Å². The largest absolute Gasteiger partial charge is 0.496 e. The molecule has 164 valence electrons. The standard InChI is InChI=1S/C24H29N3O3S/c1-18-8-9-22(29-2)19(16-18)17-31-24-25-21-7-4-3-6-20(21)23(28)27(24)11-5-10-26-12-14-30-15-13-26/h3-4,6-9,16H,5,10-15,17H2,1-2H3. The molecule has 2 aromatic carbocycles. The first kappa shape index (κ1) is 21.9. The van der Waals surface area contributed by atoms with Gasteiger partial charge in [-0.2, -0.15) is 0 Å². The molecule has 31 heavy (non-hydrogen) atoms. The summed E-state index contributed by atoms with van der Waals surface area (Å²) in [7, 11) is 1.69. The van der Waals surface area contributed by atoms with Crippen LogP contribution in [-0.4, -0.2) is 54.4 Å². The summed E-state index contributed by atoms with van der Waals surface area (Å²) in [6.07, 6.45) is 0.904. The summed E-state index contributed by atoms with van der Waals surface area (Å²) in [5.74, 6) is 1.55. The summed E-state index contributed by atoms with van der Waals surface area (Å²) >= 11 is 1.59. The lowest BCUT2D eigenvalue weighted by molar-refractivity contribution is 0.0368. The Balaban J connectivity index is 1.57. The molecular weight excluding hydrogens is 410 g/mol. The SMILES string of the molecule is COc1ccc(C)cc1CSc1nc2ccccc2c(=O)n1CCCN1CCOCC1. The van der Waals surface area contributed by atoms with E-state index in [0.717, 1.165) is 61.3 Å². The van der Waals surface area contributed by atoms with Gasteiger partial charge in [-0.05, 0) is 31.5 Å². The Morgan fingerprint density at radius 2 is 1.94 bits per heavy atom. The van der Waals surface area contributed by atoms with Crippen LogP contribution in [0.4, 0.5) is 0 Å². The predicted molar refractivity (Wildman–Crippen MR) is 125 cm³/mol. The predicted octanol–water partition coefficient (Wildman–Crippen LogP) is 3.73. The van der Waals surface area contributed by atoms with E-state index in [9.17, 15) is 4.79 Å². The fourth-order valence-electron chi connectivity index (χ4n) is 3.89. The van der Waals surface area contributed by atoms with Crippen LogP contribution in [-0.2, 0) is 17.0 Å². The maximum Gasteiger partial charge on any atom is 0.262 e. The van der Waals surface area contributed by atoms with E-state index in [1.807, 2.05) is 41.0 Å². The van der Waals surface area contributed by atoms with Gasteiger partial charge in [0.1, 0.15) is 5.75 Å². The van der Waals surface area contributed by atoms with E-state index in [-0.39, 0.29) is 5.56 Å². The third kappa shape index (κ3) is 5.29. The minimum absolute atomic E-state index is 0.0336. The van der Waals surface area contributed by atoms with Crippen molar-refractivity contribution in [2.75, 3.05) is 40.0 Å². The third-order valence-corrected chi connectivity index (χ3v) is 6.60. The van der Waals surface area contributed by atoms with Gasteiger partial charge in [0.25, 0.3) is 5.56 Å². The van der Waals surface area contributed by atoms with E-state index >= 15 is 0 Å². The molecule has 1 aliphatic rings. The van der Waals surface area contributed by atoms with Crippen molar-refractivity contribution in [2.24, 2.45) is 0 Å². The monoisotopic (exact) mass is 439 g/mol. The normalized spacial score (nSPS) is 14.8. The lowest BCUT2D eigenvalue weighted by atomic mass is 10.1. The first-order chi connectivity index (χ1) is 15.2. The average molecular weight is 440 g/mol. The van der Waals surface area contributed by atoms with E-state index in [1.54, 1.807) is 18.9 Å². The molecule has 1 saturated heterocycles. The number of ether oxygens (including phenoxy) is 2. The molecule has 2 heterocycles. The van der Waals surface area contributed by atoms with Crippen LogP contribution in [0.3, 0.4) is 0 Å². The second-order valence-corrected chi connectivity index (χ2v) is 8.72. The smallest absolute Gasteiger partial charge is 0.262 e. The molecule has 0 unspecified atom stereocenters. The lowest BCUT2D eigenvalue weighted by Crippen LogP contribution is -2.37. The van der Waals surface area contributed by atoms with E-state index in [0.29, 0.717) is 17.7 Å². The van der Waals surface area contributed by atoms with Gasteiger partial charge in [-0.15, -0.1) is 0 Å². The van der Waals surface area contributed by atoms with Gasteiger partial charge in [-0.25, -0.2) is 4.98 Å². The fourth-order valence-corrected chi connectivity index (χ4v) is 4.90. The number of methoxy groups -OCH3 is 1. The van der Waals surface area contributed by atoms with Crippen LogP contribution in [0.25, 0.3) is 10.9 Å². The Bertz CT molecular complexity index is 1090. The Morgan fingerprint density at radius 3 is 2.74 bits per heavy atom. The average Bonchev–Trinajstić information content (AvgIpc) is 2.80. The highest BCUT2D eigenvalue weighted by Crippen LogP contribution is 2.28. The molecule has 0 amide bonds. The molecule has 0 aliphatic carbocycles. The first-order valence-corrected chi connectivity index (χ1v) is 11.7. The fraction of sp³-hybridized carbons (Fsp3) is 0.417. The quantitative estimate of drug-likeness (QED) is 0.394. The first-order valence-electron chi connectivity index (χ1n) is 10.7. The number of rotatable bonds is 8. The van der Waals surface area contributed by atoms with Gasteiger partial charge >= 0.3 is 0 Å². The summed E-state index contributed by atoms with van der Waals surface area (Å²) in [4.78, 5) is 20.5. The molecule has 6 nitrogen and oxygen atoms in total. The van der Waals surface area contributed by atoms with Crippen molar-refractivity contribution in [2.45, 2.75) is 30.8 Å². The summed E-state index contributed by atoms with van der Waals surface area (Å²) in [5.41, 5.74) is 3.07. The zero-order valence-corrected chi connectivity index (χ0v) is 19.0. The Kier molecular flexibility index (Phi) is 7.27. The van der Waals surface area contributed by atoms with Crippen molar-refractivity contribution in [1.29, 1.82) is 0 Å². The molecule has 0 atom stereocenters. The van der Waals surface area contributed by atoms with Gasteiger partial charge in [0.05, 0.1) is 31.2 Å². The van der Waals surface area contributed by atoms with Crippen LogP contribution in [0.15, 0.2) is 52.4 Å². The summed E-state index contributed by atoms with van der Waals surface area (Å²) in [6.45, 7) is 7.18.